The van der Waals surface area contributed by atoms with Gasteiger partial charge >= 0.3 is 0 Å². The van der Waals surface area contributed by atoms with E-state index in [1.165, 1.54) is 9.80 Å². The lowest BCUT2D eigenvalue weighted by Gasteiger charge is -2.33. The zero-order chi connectivity index (χ0) is 17.0. The Hall–Kier alpha value is -1.79. The van der Waals surface area contributed by atoms with Crippen LogP contribution in [0, 0.1) is 0 Å². The fourth-order valence-electron chi connectivity index (χ4n) is 2.37. The quantitative estimate of drug-likeness (QED) is 0.772. The highest BCUT2D eigenvalue weighted by Gasteiger charge is 2.34. The second kappa shape index (κ2) is 7.66. The fraction of sp³-hybridized carbons (Fsp3) is 0.500. The van der Waals surface area contributed by atoms with Crippen LogP contribution in [0.3, 0.4) is 0 Å². The summed E-state index contributed by atoms with van der Waals surface area (Å²) < 4.78 is 5.69. The van der Waals surface area contributed by atoms with Crippen LogP contribution < -0.4 is 19.9 Å². The summed E-state index contributed by atoms with van der Waals surface area (Å²) >= 11 is 6.02. The van der Waals surface area contributed by atoms with Crippen LogP contribution in [0.1, 0.15) is 13.3 Å². The van der Waals surface area contributed by atoms with Crippen molar-refractivity contribution in [3.05, 3.63) is 23.2 Å². The number of nitrogens with one attached hydrogen (secondary N) is 2. The molecule has 23 heavy (non-hydrogen) atoms. The monoisotopic (exact) mass is 340 g/mol. The number of nitrogens with zero attached hydrogens (tertiary/aromatic N) is 1. The maximum absolute atomic E-state index is 12.5. The Morgan fingerprint density at radius 1 is 1.43 bits per heavy atom. The van der Waals surface area contributed by atoms with E-state index in [4.69, 9.17) is 16.3 Å². The molecular formula is C16H23ClN3O3+. The Balaban J connectivity index is 2.14. The average molecular weight is 341 g/mol. The Labute approximate surface area is 141 Å². The zero-order valence-electron chi connectivity index (χ0n) is 13.7. The smallest absolute Gasteiger partial charge is 0.268 e. The van der Waals surface area contributed by atoms with Crippen molar-refractivity contribution < 1.29 is 19.2 Å². The first-order valence-electron chi connectivity index (χ1n) is 7.75. The molecule has 0 spiro atoms. The third kappa shape index (κ3) is 4.36. The highest BCUT2D eigenvalue weighted by atomic mass is 35.5. The first kappa shape index (κ1) is 17.6. The van der Waals surface area contributed by atoms with Crippen LogP contribution in [0.4, 0.5) is 5.69 Å². The topological polar surface area (TPSA) is 63.1 Å². The van der Waals surface area contributed by atoms with Crippen LogP contribution in [0.25, 0.3) is 0 Å². The van der Waals surface area contributed by atoms with E-state index in [1.54, 1.807) is 18.2 Å². The summed E-state index contributed by atoms with van der Waals surface area (Å²) in [5.74, 6) is 0.171. The molecule has 2 rings (SSSR count). The molecule has 0 saturated carbocycles. The Kier molecular flexibility index (Phi) is 5.85. The lowest BCUT2D eigenvalue weighted by atomic mass is 10.1. The van der Waals surface area contributed by atoms with Crippen molar-refractivity contribution in [2.75, 3.05) is 38.6 Å². The maximum atomic E-state index is 12.5. The molecule has 7 heteroatoms. The molecule has 1 aromatic carbocycles. The summed E-state index contributed by atoms with van der Waals surface area (Å²) in [6.45, 7) is 3.23. The van der Waals surface area contributed by atoms with E-state index in [2.05, 4.69) is 5.32 Å². The number of carbonyl (C=O) groups is 2. The summed E-state index contributed by atoms with van der Waals surface area (Å²) in [6, 6.07) is 5.09. The van der Waals surface area contributed by atoms with Gasteiger partial charge in [0.2, 0.25) is 5.91 Å². The van der Waals surface area contributed by atoms with E-state index in [1.807, 2.05) is 21.0 Å². The minimum absolute atomic E-state index is 0.0329. The standard InChI is InChI=1S/C16H22ClN3O3/c1-4-13-16(22)20(10-15(21)18-7-8-19(2)3)12-9-11(17)5-6-14(12)23-13/h5-6,9,13H,4,7-8,10H2,1-3H3,(H,18,21)/p+1. The number of likely N-dealkylation sites (N-methyl/N-ethyl adjacent to an activating group) is 1. The van der Waals surface area contributed by atoms with Crippen molar-refractivity contribution >= 4 is 29.1 Å². The predicted octanol–water partition coefficient (Wildman–Crippen LogP) is 0.105. The molecule has 1 aromatic rings. The van der Waals surface area contributed by atoms with Gasteiger partial charge in [-0.25, -0.2) is 0 Å². The number of quaternary nitrogens is 1. The van der Waals surface area contributed by atoms with E-state index in [0.717, 1.165) is 6.54 Å². The molecule has 1 atom stereocenters. The third-order valence-electron chi connectivity index (χ3n) is 3.64. The molecule has 0 aromatic heterocycles. The number of benzene rings is 1. The number of rotatable bonds is 6. The van der Waals surface area contributed by atoms with E-state index in [-0.39, 0.29) is 18.4 Å². The second-order valence-corrected chi connectivity index (χ2v) is 6.29. The predicted molar refractivity (Wildman–Crippen MR) is 89.2 cm³/mol. The molecule has 1 aliphatic rings. The summed E-state index contributed by atoms with van der Waals surface area (Å²) in [5.41, 5.74) is 0.542. The Bertz CT molecular complexity index is 592. The number of amides is 2. The van der Waals surface area contributed by atoms with E-state index in [0.29, 0.717) is 29.4 Å². The molecule has 1 unspecified atom stereocenters. The van der Waals surface area contributed by atoms with Crippen LogP contribution >= 0.6 is 11.6 Å². The molecule has 2 amide bonds. The van der Waals surface area contributed by atoms with Gasteiger partial charge in [-0.2, -0.15) is 0 Å². The number of anilines is 1. The SMILES string of the molecule is CCC1Oc2ccc(Cl)cc2N(CC(=O)NCC[NH+](C)C)C1=O. The van der Waals surface area contributed by atoms with Crippen LogP contribution in [-0.2, 0) is 9.59 Å². The summed E-state index contributed by atoms with van der Waals surface area (Å²) in [4.78, 5) is 27.4. The molecule has 0 fully saturated rings. The van der Waals surface area contributed by atoms with E-state index >= 15 is 0 Å². The zero-order valence-corrected chi connectivity index (χ0v) is 14.4. The molecule has 0 bridgehead atoms. The Morgan fingerprint density at radius 2 is 2.17 bits per heavy atom. The molecule has 0 saturated heterocycles. The van der Waals surface area contributed by atoms with Crippen LogP contribution in [0.2, 0.25) is 5.02 Å². The van der Waals surface area contributed by atoms with Crippen molar-refractivity contribution in [2.45, 2.75) is 19.4 Å². The van der Waals surface area contributed by atoms with Gasteiger partial charge in [-0.1, -0.05) is 18.5 Å². The molecule has 0 aliphatic carbocycles. The minimum atomic E-state index is -0.567. The number of hydrogen-bond donors (Lipinski definition) is 2. The highest BCUT2D eigenvalue weighted by Crippen LogP contribution is 2.36. The number of hydrogen-bond acceptors (Lipinski definition) is 3. The van der Waals surface area contributed by atoms with Gasteiger partial charge in [0.1, 0.15) is 12.3 Å². The van der Waals surface area contributed by atoms with Crippen molar-refractivity contribution in [2.24, 2.45) is 0 Å². The van der Waals surface area contributed by atoms with Crippen molar-refractivity contribution in [1.82, 2.24) is 5.32 Å². The molecule has 1 aliphatic heterocycles. The first-order chi connectivity index (χ1) is 10.9. The van der Waals surface area contributed by atoms with Gasteiger partial charge in [-0.3, -0.25) is 14.5 Å². The van der Waals surface area contributed by atoms with Crippen LogP contribution in [0.15, 0.2) is 18.2 Å². The van der Waals surface area contributed by atoms with Gasteiger partial charge in [-0.15, -0.1) is 0 Å². The van der Waals surface area contributed by atoms with Gasteiger partial charge in [0.15, 0.2) is 6.10 Å². The number of halogens is 1. The molecule has 0 radical (unpaired) electrons. The van der Waals surface area contributed by atoms with E-state index in [9.17, 15) is 9.59 Å². The number of ether oxygens (including phenoxy) is 1. The van der Waals surface area contributed by atoms with Crippen LogP contribution in [-0.4, -0.2) is 51.6 Å². The largest absolute Gasteiger partial charge is 0.478 e. The van der Waals surface area contributed by atoms with Crippen LogP contribution in [0.5, 0.6) is 5.75 Å². The number of fused-ring (bicyclic) bond motifs is 1. The highest BCUT2D eigenvalue weighted by molar-refractivity contribution is 6.31. The third-order valence-corrected chi connectivity index (χ3v) is 3.88. The van der Waals surface area contributed by atoms with Crippen molar-refractivity contribution in [3.8, 4) is 5.75 Å². The van der Waals surface area contributed by atoms with E-state index < -0.39 is 6.10 Å². The summed E-state index contributed by atoms with van der Waals surface area (Å²) in [5, 5.41) is 3.33. The summed E-state index contributed by atoms with van der Waals surface area (Å²) in [6.07, 6.45) is -0.0223. The normalized spacial score (nSPS) is 17.0. The maximum Gasteiger partial charge on any atom is 0.268 e. The fourth-order valence-corrected chi connectivity index (χ4v) is 2.54. The summed E-state index contributed by atoms with van der Waals surface area (Å²) in [7, 11) is 4.03. The molecular weight excluding hydrogens is 318 g/mol. The van der Waals surface area contributed by atoms with Gasteiger partial charge in [0.05, 0.1) is 32.9 Å². The molecule has 6 nitrogen and oxygen atoms in total. The molecule has 1 heterocycles. The minimum Gasteiger partial charge on any atom is -0.478 e. The number of carbonyl (C=O) groups excluding carboxylic acids is 2. The van der Waals surface area contributed by atoms with Gasteiger partial charge in [0.25, 0.3) is 5.91 Å². The lowest BCUT2D eigenvalue weighted by molar-refractivity contribution is -0.856. The van der Waals surface area contributed by atoms with Crippen molar-refractivity contribution in [1.29, 1.82) is 0 Å². The average Bonchev–Trinajstić information content (AvgIpc) is 2.49. The lowest BCUT2D eigenvalue weighted by Crippen LogP contribution is -3.06. The van der Waals surface area contributed by atoms with Crippen molar-refractivity contribution in [3.63, 3.8) is 0 Å². The van der Waals surface area contributed by atoms with Gasteiger partial charge in [0, 0.05) is 5.02 Å². The first-order valence-corrected chi connectivity index (χ1v) is 8.13. The molecule has 126 valence electrons. The van der Waals surface area contributed by atoms with Gasteiger partial charge < -0.3 is 15.0 Å². The van der Waals surface area contributed by atoms with Gasteiger partial charge in [-0.05, 0) is 24.6 Å². The second-order valence-electron chi connectivity index (χ2n) is 5.86. The molecule has 2 N–H and O–H groups in total. The Morgan fingerprint density at radius 3 is 2.83 bits per heavy atom.